The van der Waals surface area contributed by atoms with Gasteiger partial charge in [0.05, 0.1) is 19.1 Å². The average Bonchev–Trinajstić information content (AvgIpc) is 3.27. The fourth-order valence-corrected chi connectivity index (χ4v) is 6.55. The van der Waals surface area contributed by atoms with E-state index in [0.29, 0.717) is 17.9 Å². The third-order valence-electron chi connectivity index (χ3n) is 8.59. The van der Waals surface area contributed by atoms with Crippen LogP contribution in [0.3, 0.4) is 0 Å². The molecule has 5 rings (SSSR count). The summed E-state index contributed by atoms with van der Waals surface area (Å²) in [5.74, 6) is -0.0285. The second kappa shape index (κ2) is 10.3. The van der Waals surface area contributed by atoms with Crippen LogP contribution in [0.1, 0.15) is 68.4 Å². The van der Waals surface area contributed by atoms with Crippen LogP contribution in [0.25, 0.3) is 11.1 Å². The van der Waals surface area contributed by atoms with E-state index in [-0.39, 0.29) is 28.7 Å². The van der Waals surface area contributed by atoms with Crippen LogP contribution in [-0.2, 0) is 28.0 Å². The number of carboxylic acid groups (broad SMARTS) is 1. The van der Waals surface area contributed by atoms with E-state index in [1.165, 1.54) is 11.6 Å². The smallest absolute Gasteiger partial charge is 0.307 e. The maximum Gasteiger partial charge on any atom is 0.307 e. The third kappa shape index (κ3) is 4.91. The first-order valence-corrected chi connectivity index (χ1v) is 13.6. The standard InChI is InChI=1S/C33H37FO5/c1-32(2,3)30(38-5)26-16-20(6-10-24(26)25-17-22(37-4)9-11-29(25)34)19-39-23-8-7-21-12-14-33(28(21)18-23)15-13-27(33)31(35)36/h6-11,16-18,27,30H,12-15,19H2,1-5H3,(H,35,36)/t27-,30-,33-/m1/s1. The van der Waals surface area contributed by atoms with E-state index in [1.54, 1.807) is 26.4 Å². The summed E-state index contributed by atoms with van der Waals surface area (Å²) in [5, 5.41) is 9.73. The van der Waals surface area contributed by atoms with Crippen molar-refractivity contribution in [1.82, 2.24) is 0 Å². The third-order valence-corrected chi connectivity index (χ3v) is 8.59. The summed E-state index contributed by atoms with van der Waals surface area (Å²) in [6, 6.07) is 16.8. The van der Waals surface area contributed by atoms with Gasteiger partial charge >= 0.3 is 5.97 Å². The monoisotopic (exact) mass is 532 g/mol. The Kier molecular flexibility index (Phi) is 7.19. The number of carboxylic acids is 1. The van der Waals surface area contributed by atoms with Gasteiger partial charge in [0.2, 0.25) is 0 Å². The maximum absolute atomic E-state index is 15.0. The zero-order chi connectivity index (χ0) is 27.9. The Morgan fingerprint density at radius 2 is 1.79 bits per heavy atom. The van der Waals surface area contributed by atoms with Crippen molar-refractivity contribution in [2.75, 3.05) is 14.2 Å². The lowest BCUT2D eigenvalue weighted by molar-refractivity contribution is -0.149. The van der Waals surface area contributed by atoms with E-state index in [1.807, 2.05) is 30.3 Å². The molecule has 1 spiro atoms. The molecule has 3 aromatic carbocycles. The van der Waals surface area contributed by atoms with Crippen LogP contribution in [0.4, 0.5) is 4.39 Å². The fraction of sp³-hybridized carbons (Fsp3) is 0.424. The lowest BCUT2D eigenvalue weighted by Gasteiger charge is -2.45. The largest absolute Gasteiger partial charge is 0.497 e. The van der Waals surface area contributed by atoms with Crippen LogP contribution in [0.5, 0.6) is 11.5 Å². The highest BCUT2D eigenvalue weighted by Gasteiger charge is 2.54. The molecule has 0 amide bonds. The summed E-state index contributed by atoms with van der Waals surface area (Å²) in [6.07, 6.45) is 3.16. The zero-order valence-corrected chi connectivity index (χ0v) is 23.3. The molecule has 2 aliphatic carbocycles. The first kappa shape index (κ1) is 27.2. The number of methoxy groups -OCH3 is 2. The van der Waals surface area contributed by atoms with Gasteiger partial charge in [-0.3, -0.25) is 4.79 Å². The van der Waals surface area contributed by atoms with Crippen molar-refractivity contribution in [2.45, 2.75) is 64.6 Å². The first-order chi connectivity index (χ1) is 18.6. The highest BCUT2D eigenvalue weighted by molar-refractivity contribution is 5.75. The van der Waals surface area contributed by atoms with E-state index < -0.39 is 5.97 Å². The van der Waals surface area contributed by atoms with E-state index in [9.17, 15) is 9.90 Å². The minimum Gasteiger partial charge on any atom is -0.497 e. The fourth-order valence-electron chi connectivity index (χ4n) is 6.55. The van der Waals surface area contributed by atoms with Crippen molar-refractivity contribution in [3.05, 3.63) is 82.7 Å². The SMILES string of the molecule is COc1ccc(F)c(-c2ccc(COc3ccc4c(c3)[C@]3(CC4)CC[C@@H]3C(=O)O)cc2[C@@H](OC)C(C)(C)C)c1. The maximum atomic E-state index is 15.0. The highest BCUT2D eigenvalue weighted by Crippen LogP contribution is 2.57. The van der Waals surface area contributed by atoms with Crippen LogP contribution in [0, 0.1) is 17.2 Å². The van der Waals surface area contributed by atoms with E-state index in [0.717, 1.165) is 53.7 Å². The van der Waals surface area contributed by atoms with Crippen molar-refractivity contribution in [3.8, 4) is 22.6 Å². The molecule has 0 bridgehead atoms. The quantitative estimate of drug-likeness (QED) is 0.326. The summed E-state index contributed by atoms with van der Waals surface area (Å²) >= 11 is 0. The van der Waals surface area contributed by atoms with Gasteiger partial charge in [-0.1, -0.05) is 39.0 Å². The van der Waals surface area contributed by atoms with E-state index in [4.69, 9.17) is 14.2 Å². The average molecular weight is 533 g/mol. The lowest BCUT2D eigenvalue weighted by Crippen LogP contribution is -2.46. The lowest BCUT2D eigenvalue weighted by atomic mass is 9.57. The number of aliphatic carboxylic acids is 1. The Balaban J connectivity index is 1.46. The number of aryl methyl sites for hydroxylation is 1. The zero-order valence-electron chi connectivity index (χ0n) is 23.3. The molecule has 206 valence electrons. The number of halogens is 1. The molecule has 39 heavy (non-hydrogen) atoms. The number of hydrogen-bond donors (Lipinski definition) is 1. The summed E-state index contributed by atoms with van der Waals surface area (Å²) in [4.78, 5) is 11.8. The van der Waals surface area contributed by atoms with Crippen LogP contribution >= 0.6 is 0 Å². The van der Waals surface area contributed by atoms with Crippen LogP contribution in [0.2, 0.25) is 0 Å². The Hall–Kier alpha value is -3.38. The molecule has 1 N–H and O–H groups in total. The number of ether oxygens (including phenoxy) is 3. The normalized spacial score (nSPS) is 20.8. The molecule has 5 nitrogen and oxygen atoms in total. The van der Waals surface area contributed by atoms with Crippen LogP contribution in [-0.4, -0.2) is 25.3 Å². The van der Waals surface area contributed by atoms with Crippen molar-refractivity contribution >= 4 is 5.97 Å². The van der Waals surface area contributed by atoms with E-state index >= 15 is 4.39 Å². The summed E-state index contributed by atoms with van der Waals surface area (Å²) in [5.41, 5.74) is 4.89. The van der Waals surface area contributed by atoms with Gasteiger partial charge in [0.15, 0.2) is 0 Å². The molecular formula is C33H37FO5. The van der Waals surface area contributed by atoms with Crippen molar-refractivity contribution in [2.24, 2.45) is 11.3 Å². The molecule has 0 saturated heterocycles. The Morgan fingerprint density at radius 3 is 2.44 bits per heavy atom. The molecule has 3 atom stereocenters. The van der Waals surface area contributed by atoms with Gasteiger partial charge in [-0.25, -0.2) is 4.39 Å². The van der Waals surface area contributed by atoms with Gasteiger partial charge < -0.3 is 19.3 Å². The summed E-state index contributed by atoms with van der Waals surface area (Å²) in [7, 11) is 3.25. The molecule has 1 saturated carbocycles. The van der Waals surface area contributed by atoms with E-state index in [2.05, 4.69) is 26.8 Å². The molecule has 0 aromatic heterocycles. The molecule has 2 aliphatic rings. The highest BCUT2D eigenvalue weighted by atomic mass is 19.1. The Bertz CT molecular complexity index is 1390. The number of rotatable bonds is 8. The Labute approximate surface area is 229 Å². The van der Waals surface area contributed by atoms with Crippen LogP contribution < -0.4 is 9.47 Å². The number of carbonyl (C=O) groups is 1. The molecule has 0 aliphatic heterocycles. The molecule has 6 heteroatoms. The van der Waals surface area contributed by atoms with Crippen molar-refractivity contribution in [3.63, 3.8) is 0 Å². The van der Waals surface area contributed by atoms with Gasteiger partial charge in [-0.15, -0.1) is 0 Å². The van der Waals surface area contributed by atoms with Crippen LogP contribution in [0.15, 0.2) is 54.6 Å². The Morgan fingerprint density at radius 1 is 1.03 bits per heavy atom. The predicted octanol–water partition coefficient (Wildman–Crippen LogP) is 7.49. The molecule has 1 fully saturated rings. The van der Waals surface area contributed by atoms with Gasteiger partial charge in [-0.05, 0) is 95.3 Å². The first-order valence-electron chi connectivity index (χ1n) is 13.6. The van der Waals surface area contributed by atoms with Crippen molar-refractivity contribution < 1.29 is 28.5 Å². The molecule has 0 unspecified atom stereocenters. The summed E-state index contributed by atoms with van der Waals surface area (Å²) < 4.78 is 32.6. The van der Waals surface area contributed by atoms with Crippen molar-refractivity contribution in [1.29, 1.82) is 0 Å². The molecule has 0 heterocycles. The topological polar surface area (TPSA) is 65.0 Å². The molecule has 0 radical (unpaired) electrons. The minimum absolute atomic E-state index is 0.240. The second-order valence-corrected chi connectivity index (χ2v) is 11.9. The van der Waals surface area contributed by atoms with Gasteiger partial charge in [0.25, 0.3) is 0 Å². The number of benzene rings is 3. The predicted molar refractivity (Wildman–Crippen MR) is 149 cm³/mol. The second-order valence-electron chi connectivity index (χ2n) is 11.9. The van der Waals surface area contributed by atoms with Gasteiger partial charge in [0.1, 0.15) is 23.9 Å². The minimum atomic E-state index is -0.702. The molecular weight excluding hydrogens is 495 g/mol. The number of fused-ring (bicyclic) bond motifs is 2. The summed E-state index contributed by atoms with van der Waals surface area (Å²) in [6.45, 7) is 6.62. The number of hydrogen-bond acceptors (Lipinski definition) is 4. The van der Waals surface area contributed by atoms with Gasteiger partial charge in [-0.2, -0.15) is 0 Å². The van der Waals surface area contributed by atoms with Gasteiger partial charge in [0, 0.05) is 18.1 Å². The molecule has 3 aromatic rings.